The lowest BCUT2D eigenvalue weighted by Gasteiger charge is -2.35. The normalized spacial score (nSPS) is 16.3. The van der Waals surface area contributed by atoms with Crippen LogP contribution in [-0.2, 0) is 6.42 Å². The van der Waals surface area contributed by atoms with Crippen molar-refractivity contribution in [3.05, 3.63) is 60.0 Å². The topological polar surface area (TPSA) is 58.0 Å². The van der Waals surface area contributed by atoms with Crippen molar-refractivity contribution < 1.29 is 0 Å². The molecule has 0 N–H and O–H groups in total. The third kappa shape index (κ3) is 2.98. The molecule has 3 aromatic rings. The van der Waals surface area contributed by atoms with Crippen LogP contribution in [-0.4, -0.2) is 40.6 Å². The van der Waals surface area contributed by atoms with Crippen LogP contribution in [0.1, 0.15) is 24.2 Å². The molecule has 0 amide bonds. The lowest BCUT2D eigenvalue weighted by Crippen LogP contribution is -2.35. The number of anilines is 2. The number of hydrogen-bond acceptors (Lipinski definition) is 6. The Morgan fingerprint density at radius 1 is 1.04 bits per heavy atom. The zero-order valence-electron chi connectivity index (χ0n) is 15.3. The Bertz CT molecular complexity index is 909. The first kappa shape index (κ1) is 16.4. The van der Waals surface area contributed by atoms with Gasteiger partial charge in [0.25, 0.3) is 0 Å². The summed E-state index contributed by atoms with van der Waals surface area (Å²) in [6.07, 6.45) is 4.58. The fourth-order valence-electron chi connectivity index (χ4n) is 3.32. The monoisotopic (exact) mass is 346 g/mol. The standard InChI is InChI=1S/C20H22N6/c1-14-15-13-22-20(17-7-4-5-11-21-17)23-16(15)10-12-26(14)19-9-6-8-18(24-19)25(2)3/h4-9,11,13-14H,10,12H2,1-3H3. The molecule has 0 saturated carbocycles. The molecule has 4 rings (SSSR count). The molecule has 1 aliphatic heterocycles. The Labute approximate surface area is 153 Å². The van der Waals surface area contributed by atoms with Crippen LogP contribution in [0.4, 0.5) is 11.6 Å². The number of pyridine rings is 2. The van der Waals surface area contributed by atoms with Gasteiger partial charge in [-0.25, -0.2) is 15.0 Å². The van der Waals surface area contributed by atoms with Gasteiger partial charge >= 0.3 is 0 Å². The van der Waals surface area contributed by atoms with Crippen molar-refractivity contribution in [2.45, 2.75) is 19.4 Å². The quantitative estimate of drug-likeness (QED) is 0.726. The van der Waals surface area contributed by atoms with Crippen LogP contribution in [0.3, 0.4) is 0 Å². The van der Waals surface area contributed by atoms with E-state index < -0.39 is 0 Å². The second kappa shape index (κ2) is 6.71. The van der Waals surface area contributed by atoms with Crippen molar-refractivity contribution in [1.82, 2.24) is 19.9 Å². The molecule has 0 saturated heterocycles. The van der Waals surface area contributed by atoms with Gasteiger partial charge in [0.05, 0.1) is 11.7 Å². The molecule has 132 valence electrons. The summed E-state index contributed by atoms with van der Waals surface area (Å²) in [5.74, 6) is 2.64. The number of hydrogen-bond donors (Lipinski definition) is 0. The molecule has 1 unspecified atom stereocenters. The fourth-order valence-corrected chi connectivity index (χ4v) is 3.32. The highest BCUT2D eigenvalue weighted by Gasteiger charge is 2.27. The molecule has 0 aromatic carbocycles. The molecule has 0 radical (unpaired) electrons. The zero-order chi connectivity index (χ0) is 18.1. The molecular formula is C20H22N6. The fraction of sp³-hybridized carbons (Fsp3) is 0.300. The Morgan fingerprint density at radius 2 is 1.92 bits per heavy atom. The summed E-state index contributed by atoms with van der Waals surface area (Å²) in [6, 6.07) is 12.1. The average Bonchev–Trinajstić information content (AvgIpc) is 2.69. The van der Waals surface area contributed by atoms with Gasteiger partial charge in [-0.3, -0.25) is 4.98 Å². The highest BCUT2D eigenvalue weighted by atomic mass is 15.2. The molecular weight excluding hydrogens is 324 g/mol. The summed E-state index contributed by atoms with van der Waals surface area (Å²) in [5, 5.41) is 0. The van der Waals surface area contributed by atoms with Crippen molar-refractivity contribution in [2.24, 2.45) is 0 Å². The Balaban J connectivity index is 1.65. The first-order chi connectivity index (χ1) is 12.6. The van der Waals surface area contributed by atoms with Gasteiger partial charge in [-0.1, -0.05) is 12.1 Å². The van der Waals surface area contributed by atoms with Crippen molar-refractivity contribution >= 4 is 11.6 Å². The largest absolute Gasteiger partial charge is 0.363 e. The second-order valence-corrected chi connectivity index (χ2v) is 6.68. The van der Waals surface area contributed by atoms with Crippen molar-refractivity contribution in [3.63, 3.8) is 0 Å². The molecule has 26 heavy (non-hydrogen) atoms. The van der Waals surface area contributed by atoms with E-state index in [0.29, 0.717) is 5.82 Å². The maximum absolute atomic E-state index is 4.79. The smallest absolute Gasteiger partial charge is 0.178 e. The second-order valence-electron chi connectivity index (χ2n) is 6.68. The molecule has 6 nitrogen and oxygen atoms in total. The summed E-state index contributed by atoms with van der Waals surface area (Å²) in [7, 11) is 4.02. The number of fused-ring (bicyclic) bond motifs is 1. The van der Waals surface area contributed by atoms with E-state index in [1.807, 2.05) is 49.5 Å². The predicted molar refractivity (Wildman–Crippen MR) is 103 cm³/mol. The highest BCUT2D eigenvalue weighted by molar-refractivity contribution is 5.53. The summed E-state index contributed by atoms with van der Waals surface area (Å²) >= 11 is 0. The third-order valence-corrected chi connectivity index (χ3v) is 4.77. The molecule has 0 fully saturated rings. The van der Waals surface area contributed by atoms with E-state index >= 15 is 0 Å². The minimum atomic E-state index is 0.182. The van der Waals surface area contributed by atoms with Crippen molar-refractivity contribution in [3.8, 4) is 11.5 Å². The lowest BCUT2D eigenvalue weighted by molar-refractivity contribution is 0.602. The van der Waals surface area contributed by atoms with E-state index in [1.165, 1.54) is 0 Å². The maximum atomic E-state index is 4.79. The van der Waals surface area contributed by atoms with Gasteiger partial charge in [0.2, 0.25) is 0 Å². The van der Waals surface area contributed by atoms with Crippen LogP contribution in [0.15, 0.2) is 48.8 Å². The number of nitrogens with zero attached hydrogens (tertiary/aromatic N) is 6. The van der Waals surface area contributed by atoms with Crippen LogP contribution in [0.2, 0.25) is 0 Å². The summed E-state index contributed by atoms with van der Waals surface area (Å²) < 4.78 is 0. The van der Waals surface area contributed by atoms with Gasteiger partial charge in [-0.2, -0.15) is 0 Å². The highest BCUT2D eigenvalue weighted by Crippen LogP contribution is 2.32. The molecule has 1 aliphatic rings. The van der Waals surface area contributed by atoms with E-state index in [9.17, 15) is 0 Å². The lowest BCUT2D eigenvalue weighted by atomic mass is 9.99. The van der Waals surface area contributed by atoms with E-state index in [1.54, 1.807) is 6.20 Å². The van der Waals surface area contributed by atoms with Crippen molar-refractivity contribution in [1.29, 1.82) is 0 Å². The molecule has 3 aromatic heterocycles. The van der Waals surface area contributed by atoms with Gasteiger partial charge in [0.1, 0.15) is 17.3 Å². The van der Waals surface area contributed by atoms with Gasteiger partial charge in [-0.05, 0) is 31.2 Å². The van der Waals surface area contributed by atoms with Crippen LogP contribution < -0.4 is 9.80 Å². The van der Waals surface area contributed by atoms with Gasteiger partial charge < -0.3 is 9.80 Å². The molecule has 0 aliphatic carbocycles. The van der Waals surface area contributed by atoms with Gasteiger partial charge in [-0.15, -0.1) is 0 Å². The number of aromatic nitrogens is 4. The summed E-state index contributed by atoms with van der Waals surface area (Å²) in [5.41, 5.74) is 3.08. The minimum absolute atomic E-state index is 0.182. The third-order valence-electron chi connectivity index (χ3n) is 4.77. The van der Waals surface area contributed by atoms with E-state index in [2.05, 4.69) is 33.9 Å². The Morgan fingerprint density at radius 3 is 2.69 bits per heavy atom. The molecule has 6 heteroatoms. The first-order valence-corrected chi connectivity index (χ1v) is 8.82. The summed E-state index contributed by atoms with van der Waals surface area (Å²) in [4.78, 5) is 22.8. The number of rotatable bonds is 3. The minimum Gasteiger partial charge on any atom is -0.363 e. The SMILES string of the molecule is CC1c2cnc(-c3ccccn3)nc2CCN1c1cccc(N(C)C)n1. The van der Waals surface area contributed by atoms with Gasteiger partial charge in [0, 0.05) is 45.0 Å². The molecule has 0 spiro atoms. The predicted octanol–water partition coefficient (Wildman–Crippen LogP) is 3.12. The van der Waals surface area contributed by atoms with E-state index in [4.69, 9.17) is 9.97 Å². The average molecular weight is 346 g/mol. The molecule has 1 atom stereocenters. The van der Waals surface area contributed by atoms with E-state index in [-0.39, 0.29) is 6.04 Å². The van der Waals surface area contributed by atoms with Crippen LogP contribution >= 0.6 is 0 Å². The van der Waals surface area contributed by atoms with Crippen molar-refractivity contribution in [2.75, 3.05) is 30.4 Å². The molecule has 4 heterocycles. The zero-order valence-corrected chi connectivity index (χ0v) is 15.3. The van der Waals surface area contributed by atoms with Crippen LogP contribution in [0, 0.1) is 0 Å². The van der Waals surface area contributed by atoms with Crippen LogP contribution in [0.25, 0.3) is 11.5 Å². The maximum Gasteiger partial charge on any atom is 0.178 e. The van der Waals surface area contributed by atoms with E-state index in [0.717, 1.165) is 41.6 Å². The first-order valence-electron chi connectivity index (χ1n) is 8.82. The molecule has 0 bridgehead atoms. The summed E-state index contributed by atoms with van der Waals surface area (Å²) in [6.45, 7) is 3.07. The Kier molecular flexibility index (Phi) is 4.24. The van der Waals surface area contributed by atoms with Crippen LogP contribution in [0.5, 0.6) is 0 Å². The van der Waals surface area contributed by atoms with Gasteiger partial charge in [0.15, 0.2) is 5.82 Å². The Hall–Kier alpha value is -3.02.